The van der Waals surface area contributed by atoms with Gasteiger partial charge in [-0.05, 0) is 104 Å². The molecule has 41 heavy (non-hydrogen) atoms. The highest BCUT2D eigenvalue weighted by Crippen LogP contribution is 2.36. The molecule has 0 unspecified atom stereocenters. The van der Waals surface area contributed by atoms with Crippen LogP contribution in [0.15, 0.2) is 133 Å². The zero-order valence-corrected chi connectivity index (χ0v) is 23.9. The van der Waals surface area contributed by atoms with Crippen molar-refractivity contribution in [1.29, 1.82) is 0 Å². The Morgan fingerprint density at radius 2 is 0.951 bits per heavy atom. The summed E-state index contributed by atoms with van der Waals surface area (Å²) in [5.74, 6) is 0.133. The van der Waals surface area contributed by atoms with Gasteiger partial charge in [-0.15, -0.1) is 0 Å². The molecule has 0 saturated heterocycles. The summed E-state index contributed by atoms with van der Waals surface area (Å²) in [6, 6.07) is 42.6. The van der Waals surface area contributed by atoms with Gasteiger partial charge < -0.3 is 9.64 Å². The second-order valence-electron chi connectivity index (χ2n) is 10.6. The fourth-order valence-corrected chi connectivity index (χ4v) is 4.71. The number of benzene rings is 5. The van der Waals surface area contributed by atoms with E-state index in [0.29, 0.717) is 11.3 Å². The van der Waals surface area contributed by atoms with Gasteiger partial charge in [0.15, 0.2) is 0 Å². The summed E-state index contributed by atoms with van der Waals surface area (Å²) in [6.07, 6.45) is 1.82. The second kappa shape index (κ2) is 12.5. The number of esters is 1. The van der Waals surface area contributed by atoms with Crippen molar-refractivity contribution in [2.24, 2.45) is 0 Å². The Morgan fingerprint density at radius 1 is 0.585 bits per heavy atom. The van der Waals surface area contributed by atoms with Crippen molar-refractivity contribution in [3.63, 3.8) is 0 Å². The maximum Gasteiger partial charge on any atom is 0.338 e. The minimum Gasteiger partial charge on any atom is -0.423 e. The molecular weight excluding hydrogens is 502 g/mol. The highest BCUT2D eigenvalue weighted by atomic mass is 16.5. The monoisotopic (exact) mass is 537 g/mol. The average molecular weight is 538 g/mol. The molecule has 0 aromatic heterocycles. The Hall–Kier alpha value is -4.89. The van der Waals surface area contributed by atoms with Crippen molar-refractivity contribution in [2.75, 3.05) is 4.90 Å². The van der Waals surface area contributed by atoms with Crippen molar-refractivity contribution < 1.29 is 9.53 Å². The highest BCUT2D eigenvalue weighted by Gasteiger charge is 2.13. The lowest BCUT2D eigenvalue weighted by Crippen LogP contribution is -2.10. The smallest absolute Gasteiger partial charge is 0.338 e. The van der Waals surface area contributed by atoms with E-state index in [2.05, 4.69) is 122 Å². The van der Waals surface area contributed by atoms with Crippen molar-refractivity contribution in [1.82, 2.24) is 0 Å². The van der Waals surface area contributed by atoms with Crippen LogP contribution in [0.1, 0.15) is 29.2 Å². The summed E-state index contributed by atoms with van der Waals surface area (Å²) >= 11 is 0. The van der Waals surface area contributed by atoms with Crippen molar-refractivity contribution in [2.45, 2.75) is 33.6 Å². The highest BCUT2D eigenvalue weighted by molar-refractivity contribution is 5.88. The first-order valence-electron chi connectivity index (χ1n) is 14.0. The number of aryl methyl sites for hydroxylation is 4. The van der Waals surface area contributed by atoms with Gasteiger partial charge >= 0.3 is 5.97 Å². The topological polar surface area (TPSA) is 29.5 Å². The van der Waals surface area contributed by atoms with E-state index < -0.39 is 5.97 Å². The van der Waals surface area contributed by atoms with E-state index in [1.165, 1.54) is 33.4 Å². The van der Waals surface area contributed by atoms with Crippen LogP contribution in [0, 0.1) is 13.8 Å². The molecule has 0 aliphatic heterocycles. The molecule has 0 aliphatic rings. The number of ether oxygens (including phenoxy) is 1. The molecule has 5 aromatic rings. The molecular formula is C38H35NO2. The van der Waals surface area contributed by atoms with Gasteiger partial charge in [0.2, 0.25) is 0 Å². The van der Waals surface area contributed by atoms with Crippen LogP contribution in [0.5, 0.6) is 5.75 Å². The average Bonchev–Trinajstić information content (AvgIpc) is 2.99. The van der Waals surface area contributed by atoms with Gasteiger partial charge in [-0.25, -0.2) is 4.79 Å². The lowest BCUT2D eigenvalue weighted by atomic mass is 10.0. The van der Waals surface area contributed by atoms with Crippen LogP contribution in [0.4, 0.5) is 17.1 Å². The van der Waals surface area contributed by atoms with Crippen LogP contribution in [0.3, 0.4) is 0 Å². The van der Waals surface area contributed by atoms with Gasteiger partial charge in [0.1, 0.15) is 5.75 Å². The molecule has 0 saturated carbocycles. The van der Waals surface area contributed by atoms with Gasteiger partial charge in [-0.1, -0.05) is 90.5 Å². The maximum atomic E-state index is 11.7. The number of hydrogen-bond donors (Lipinski definition) is 0. The van der Waals surface area contributed by atoms with Crippen LogP contribution >= 0.6 is 0 Å². The van der Waals surface area contributed by atoms with Gasteiger partial charge in [-0.2, -0.15) is 0 Å². The Morgan fingerprint density at radius 3 is 1.41 bits per heavy atom. The normalized spacial score (nSPS) is 10.7. The van der Waals surface area contributed by atoms with Gasteiger partial charge in [-0.3, -0.25) is 0 Å². The molecule has 0 N–H and O–H groups in total. The van der Waals surface area contributed by atoms with Gasteiger partial charge in [0.25, 0.3) is 0 Å². The van der Waals surface area contributed by atoms with Crippen LogP contribution in [0.2, 0.25) is 0 Å². The van der Waals surface area contributed by atoms with Crippen LogP contribution in [-0.2, 0) is 17.6 Å². The fraction of sp³-hybridized carbons (Fsp3) is 0.132. The lowest BCUT2D eigenvalue weighted by Gasteiger charge is -2.26. The zero-order valence-electron chi connectivity index (χ0n) is 23.9. The molecule has 0 amide bonds. The molecule has 0 heterocycles. The predicted octanol–water partition coefficient (Wildman–Crippen LogP) is 9.71. The Labute approximate surface area is 243 Å². The number of hydrogen-bond acceptors (Lipinski definition) is 3. The van der Waals surface area contributed by atoms with E-state index in [4.69, 9.17) is 4.74 Å². The summed E-state index contributed by atoms with van der Waals surface area (Å²) in [5.41, 5.74) is 11.1. The molecule has 0 spiro atoms. The van der Waals surface area contributed by atoms with Crippen molar-refractivity contribution in [3.05, 3.63) is 156 Å². The second-order valence-corrected chi connectivity index (χ2v) is 10.6. The molecule has 0 radical (unpaired) electrons. The van der Waals surface area contributed by atoms with E-state index in [-0.39, 0.29) is 0 Å². The van der Waals surface area contributed by atoms with E-state index in [0.717, 1.165) is 29.9 Å². The van der Waals surface area contributed by atoms with Crippen molar-refractivity contribution in [3.8, 4) is 16.9 Å². The number of carbonyl (C=O) groups excluding carboxylic acids is 1. The van der Waals surface area contributed by atoms with Gasteiger partial charge in [0, 0.05) is 22.6 Å². The van der Waals surface area contributed by atoms with Crippen LogP contribution in [-0.4, -0.2) is 5.97 Å². The van der Waals surface area contributed by atoms with E-state index >= 15 is 0 Å². The Kier molecular flexibility index (Phi) is 8.45. The first kappa shape index (κ1) is 27.7. The third kappa shape index (κ3) is 7.01. The molecule has 3 heteroatoms. The van der Waals surface area contributed by atoms with E-state index in [1.807, 2.05) is 24.3 Å². The van der Waals surface area contributed by atoms with Crippen molar-refractivity contribution >= 4 is 23.0 Å². The molecule has 204 valence electrons. The molecule has 0 fully saturated rings. The zero-order chi connectivity index (χ0) is 28.8. The molecule has 0 bridgehead atoms. The fourth-order valence-electron chi connectivity index (χ4n) is 4.71. The standard InChI is InChI=1S/C38H35NO2/c1-27(2)38(40)41-37-25-13-31(14-26-37)10-9-30-11-21-35(22-12-30)39(34-19-7-29(4)8-20-34)36-23-17-33(18-24-36)32-15-5-28(3)6-16-32/h5-8,11-26H,1,9-10H2,2-4H3. The molecule has 3 nitrogen and oxygen atoms in total. The van der Waals surface area contributed by atoms with E-state index in [9.17, 15) is 4.79 Å². The molecule has 0 aliphatic carbocycles. The Balaban J connectivity index is 1.32. The van der Waals surface area contributed by atoms with Crippen LogP contribution < -0.4 is 9.64 Å². The quantitative estimate of drug-likeness (QED) is 0.106. The first-order valence-corrected chi connectivity index (χ1v) is 14.0. The number of carbonyl (C=O) groups is 1. The maximum absolute atomic E-state index is 11.7. The predicted molar refractivity (Wildman–Crippen MR) is 170 cm³/mol. The Bertz CT molecular complexity index is 1610. The molecule has 5 rings (SSSR count). The largest absolute Gasteiger partial charge is 0.423 e. The summed E-state index contributed by atoms with van der Waals surface area (Å²) in [4.78, 5) is 14.0. The minimum absolute atomic E-state index is 0.387. The number of nitrogens with zero attached hydrogens (tertiary/aromatic N) is 1. The molecule has 5 aromatic carbocycles. The SMILES string of the molecule is C=C(C)C(=O)Oc1ccc(CCc2ccc(N(c3ccc(C)cc3)c3ccc(-c4ccc(C)cc4)cc3)cc2)cc1. The molecule has 0 atom stereocenters. The van der Waals surface area contributed by atoms with E-state index in [1.54, 1.807) is 6.92 Å². The van der Waals surface area contributed by atoms with Gasteiger partial charge in [0.05, 0.1) is 0 Å². The lowest BCUT2D eigenvalue weighted by molar-refractivity contribution is -0.130. The summed E-state index contributed by atoms with van der Waals surface area (Å²) in [6.45, 7) is 9.49. The third-order valence-corrected chi connectivity index (χ3v) is 7.18. The van der Waals surface area contributed by atoms with Crippen LogP contribution in [0.25, 0.3) is 11.1 Å². The summed E-state index contributed by atoms with van der Waals surface area (Å²) in [7, 11) is 0. The minimum atomic E-state index is -0.403. The number of anilines is 3. The summed E-state index contributed by atoms with van der Waals surface area (Å²) in [5, 5.41) is 0. The summed E-state index contributed by atoms with van der Waals surface area (Å²) < 4.78 is 5.30. The number of rotatable bonds is 9. The third-order valence-electron chi connectivity index (χ3n) is 7.18. The first-order chi connectivity index (χ1) is 19.9.